The summed E-state index contributed by atoms with van der Waals surface area (Å²) in [5.41, 5.74) is 0. The molecule has 0 bridgehead atoms. The molecule has 20 heavy (non-hydrogen) atoms. The second-order valence-corrected chi connectivity index (χ2v) is 5.64. The van der Waals surface area contributed by atoms with Gasteiger partial charge in [0.05, 0.1) is 6.54 Å². The van der Waals surface area contributed by atoms with Crippen molar-refractivity contribution in [2.24, 2.45) is 0 Å². The van der Waals surface area contributed by atoms with Gasteiger partial charge in [-0.05, 0) is 13.5 Å². The fourth-order valence-electron chi connectivity index (χ4n) is 2.55. The molecule has 0 aliphatic carbocycles. The van der Waals surface area contributed by atoms with Crippen molar-refractivity contribution in [2.75, 3.05) is 59.5 Å². The number of alkyl halides is 2. The minimum Gasteiger partial charge on any atom is -0.448 e. The van der Waals surface area contributed by atoms with E-state index in [1.807, 2.05) is 0 Å². The molecule has 116 valence electrons. The van der Waals surface area contributed by atoms with Crippen LogP contribution < -0.4 is 0 Å². The summed E-state index contributed by atoms with van der Waals surface area (Å²) in [5.74, 6) is -2.77. The maximum Gasteiger partial charge on any atom is 0.410 e. The number of amides is 1. The van der Waals surface area contributed by atoms with E-state index in [0.29, 0.717) is 19.5 Å². The second-order valence-electron chi connectivity index (χ2n) is 5.64. The van der Waals surface area contributed by atoms with Crippen molar-refractivity contribution in [3.05, 3.63) is 0 Å². The van der Waals surface area contributed by atoms with Crippen molar-refractivity contribution in [1.29, 1.82) is 0 Å². The zero-order chi connectivity index (χ0) is 14.6. The van der Waals surface area contributed by atoms with Gasteiger partial charge in [-0.1, -0.05) is 0 Å². The summed E-state index contributed by atoms with van der Waals surface area (Å²) < 4.78 is 31.5. The van der Waals surface area contributed by atoms with Crippen LogP contribution in [0.5, 0.6) is 0 Å². The van der Waals surface area contributed by atoms with Gasteiger partial charge < -0.3 is 14.5 Å². The Labute approximate surface area is 118 Å². The molecule has 0 saturated carbocycles. The number of piperazine rings is 1. The molecule has 2 rings (SSSR count). The van der Waals surface area contributed by atoms with Gasteiger partial charge in [0.15, 0.2) is 0 Å². The molecular weight excluding hydrogens is 268 g/mol. The minimum absolute atomic E-state index is 0.141. The Morgan fingerprint density at radius 3 is 2.55 bits per heavy atom. The third-order valence-corrected chi connectivity index (χ3v) is 3.88. The number of likely N-dealkylation sites (tertiary alicyclic amines) is 1. The first-order valence-corrected chi connectivity index (χ1v) is 7.17. The summed E-state index contributed by atoms with van der Waals surface area (Å²) in [6.07, 6.45) is -0.419. The lowest BCUT2D eigenvalue weighted by Crippen LogP contribution is -2.47. The number of likely N-dealkylation sites (N-methyl/N-ethyl adjacent to an activating group) is 1. The molecule has 2 heterocycles. The van der Waals surface area contributed by atoms with Gasteiger partial charge in [0, 0.05) is 45.7 Å². The monoisotopic (exact) mass is 291 g/mol. The quantitative estimate of drug-likeness (QED) is 0.780. The first-order chi connectivity index (χ1) is 9.46. The maximum absolute atomic E-state index is 13.2. The summed E-state index contributed by atoms with van der Waals surface area (Å²) in [6, 6.07) is 0. The van der Waals surface area contributed by atoms with Crippen molar-refractivity contribution >= 4 is 6.09 Å². The van der Waals surface area contributed by atoms with Gasteiger partial charge in [-0.2, -0.15) is 0 Å². The number of carbonyl (C=O) groups excluding carboxylic acids is 1. The molecule has 7 heteroatoms. The molecule has 0 atom stereocenters. The van der Waals surface area contributed by atoms with Gasteiger partial charge in [0.2, 0.25) is 0 Å². The lowest BCUT2D eigenvalue weighted by molar-refractivity contribution is -0.0610. The summed E-state index contributed by atoms with van der Waals surface area (Å²) in [6.45, 7) is 4.71. The largest absolute Gasteiger partial charge is 0.448 e. The fourth-order valence-corrected chi connectivity index (χ4v) is 2.55. The molecule has 0 aromatic rings. The summed E-state index contributed by atoms with van der Waals surface area (Å²) in [7, 11) is 2.08. The average molecular weight is 291 g/mol. The predicted octanol–water partition coefficient (Wildman–Crippen LogP) is 1.10. The van der Waals surface area contributed by atoms with E-state index in [1.165, 1.54) is 0 Å². The first-order valence-electron chi connectivity index (χ1n) is 7.17. The standard InChI is InChI=1S/C13H23F2N3O2/c1-16-5-7-17(8-6-16)9-10-20-12(19)18-4-2-3-13(14,15)11-18/h2-11H2,1H3. The molecule has 0 aromatic carbocycles. The highest BCUT2D eigenvalue weighted by Gasteiger charge is 2.37. The Morgan fingerprint density at radius 1 is 1.20 bits per heavy atom. The molecule has 0 unspecified atom stereocenters. The number of hydrogen-bond acceptors (Lipinski definition) is 4. The van der Waals surface area contributed by atoms with Crippen LogP contribution in [0.3, 0.4) is 0 Å². The molecule has 0 radical (unpaired) electrons. The normalized spacial score (nSPS) is 24.6. The predicted molar refractivity (Wildman–Crippen MR) is 71.0 cm³/mol. The van der Waals surface area contributed by atoms with Crippen LogP contribution in [0.1, 0.15) is 12.8 Å². The number of hydrogen-bond donors (Lipinski definition) is 0. The molecule has 2 aliphatic rings. The number of rotatable bonds is 3. The van der Waals surface area contributed by atoms with Crippen LogP contribution in [0.15, 0.2) is 0 Å². The van der Waals surface area contributed by atoms with Crippen LogP contribution in [-0.4, -0.2) is 86.2 Å². The lowest BCUT2D eigenvalue weighted by Gasteiger charge is -2.33. The molecule has 0 spiro atoms. The second kappa shape index (κ2) is 6.67. The van der Waals surface area contributed by atoms with E-state index >= 15 is 0 Å². The summed E-state index contributed by atoms with van der Waals surface area (Å²) >= 11 is 0. The highest BCUT2D eigenvalue weighted by molar-refractivity contribution is 5.67. The van der Waals surface area contributed by atoms with Crippen LogP contribution in [0.2, 0.25) is 0 Å². The smallest absolute Gasteiger partial charge is 0.410 e. The zero-order valence-corrected chi connectivity index (χ0v) is 12.0. The number of nitrogens with zero attached hydrogens (tertiary/aromatic N) is 3. The van der Waals surface area contributed by atoms with E-state index in [-0.39, 0.29) is 13.0 Å². The number of ether oxygens (including phenoxy) is 1. The zero-order valence-electron chi connectivity index (χ0n) is 12.0. The van der Waals surface area contributed by atoms with E-state index in [2.05, 4.69) is 16.8 Å². The van der Waals surface area contributed by atoms with Crippen LogP contribution in [0, 0.1) is 0 Å². The molecule has 0 N–H and O–H groups in total. The third-order valence-electron chi connectivity index (χ3n) is 3.88. The van der Waals surface area contributed by atoms with E-state index in [4.69, 9.17) is 4.74 Å². The maximum atomic E-state index is 13.2. The van der Waals surface area contributed by atoms with Gasteiger partial charge in [-0.25, -0.2) is 13.6 Å². The Kier molecular flexibility index (Phi) is 5.15. The molecule has 1 amide bonds. The number of carbonyl (C=O) groups is 1. The van der Waals surface area contributed by atoms with E-state index in [0.717, 1.165) is 31.1 Å². The topological polar surface area (TPSA) is 36.0 Å². The summed E-state index contributed by atoms with van der Waals surface area (Å²) in [5, 5.41) is 0. The van der Waals surface area contributed by atoms with Crippen LogP contribution in [0.4, 0.5) is 13.6 Å². The minimum atomic E-state index is -2.77. The van der Waals surface area contributed by atoms with E-state index < -0.39 is 18.6 Å². The summed E-state index contributed by atoms with van der Waals surface area (Å²) in [4.78, 5) is 17.3. The van der Waals surface area contributed by atoms with Crippen LogP contribution in [0.25, 0.3) is 0 Å². The molecular formula is C13H23F2N3O2. The van der Waals surface area contributed by atoms with Gasteiger partial charge in [0.25, 0.3) is 5.92 Å². The highest BCUT2D eigenvalue weighted by Crippen LogP contribution is 2.26. The number of piperidine rings is 1. The molecule has 0 aromatic heterocycles. The van der Waals surface area contributed by atoms with Crippen molar-refractivity contribution in [1.82, 2.24) is 14.7 Å². The Balaban J connectivity index is 1.65. The van der Waals surface area contributed by atoms with Crippen molar-refractivity contribution in [2.45, 2.75) is 18.8 Å². The van der Waals surface area contributed by atoms with Crippen molar-refractivity contribution in [3.63, 3.8) is 0 Å². The van der Waals surface area contributed by atoms with Crippen molar-refractivity contribution < 1.29 is 18.3 Å². The van der Waals surface area contributed by atoms with Gasteiger partial charge in [-0.15, -0.1) is 0 Å². The average Bonchev–Trinajstić information content (AvgIpc) is 2.40. The third kappa shape index (κ3) is 4.56. The van der Waals surface area contributed by atoms with Gasteiger partial charge in [0.1, 0.15) is 6.61 Å². The fraction of sp³-hybridized carbons (Fsp3) is 0.923. The Morgan fingerprint density at radius 2 is 1.90 bits per heavy atom. The molecule has 2 saturated heterocycles. The molecule has 2 fully saturated rings. The Hall–Kier alpha value is -0.950. The Bertz CT molecular complexity index is 334. The van der Waals surface area contributed by atoms with Gasteiger partial charge in [-0.3, -0.25) is 4.90 Å². The highest BCUT2D eigenvalue weighted by atomic mass is 19.3. The number of halogens is 2. The van der Waals surface area contributed by atoms with E-state index in [1.54, 1.807) is 0 Å². The molecule has 2 aliphatic heterocycles. The van der Waals surface area contributed by atoms with Crippen molar-refractivity contribution in [3.8, 4) is 0 Å². The SMILES string of the molecule is CN1CCN(CCOC(=O)N2CCCC(F)(F)C2)CC1. The van der Waals surface area contributed by atoms with Crippen LogP contribution in [-0.2, 0) is 4.74 Å². The molecule has 5 nitrogen and oxygen atoms in total. The first kappa shape index (κ1) is 15.4. The van der Waals surface area contributed by atoms with Crippen LogP contribution >= 0.6 is 0 Å². The lowest BCUT2D eigenvalue weighted by atomic mass is 10.1. The van der Waals surface area contributed by atoms with Gasteiger partial charge >= 0.3 is 6.09 Å². The van der Waals surface area contributed by atoms with E-state index in [9.17, 15) is 13.6 Å².